The molecular weight excluding hydrogens is 241 g/mol. The molecule has 3 heteroatoms. The lowest BCUT2D eigenvalue weighted by atomic mass is 9.97. The van der Waals surface area contributed by atoms with Crippen LogP contribution in [0.25, 0.3) is 11.1 Å². The van der Waals surface area contributed by atoms with E-state index in [0.717, 1.165) is 41.9 Å². The second-order valence-electron chi connectivity index (χ2n) is 4.26. The maximum absolute atomic E-state index is 13.6. The number of aryl methyl sites for hydroxylation is 1. The van der Waals surface area contributed by atoms with Gasteiger partial charge in [-0.05, 0) is 43.1 Å². The Labute approximate surface area is 113 Å². The molecule has 1 heterocycles. The van der Waals surface area contributed by atoms with Gasteiger partial charge in [-0.15, -0.1) is 0 Å². The van der Waals surface area contributed by atoms with Crippen molar-refractivity contribution in [2.75, 3.05) is 13.7 Å². The van der Waals surface area contributed by atoms with Gasteiger partial charge < -0.3 is 10.5 Å². The number of hydrogen-bond donors (Lipinski definition) is 1. The summed E-state index contributed by atoms with van der Waals surface area (Å²) in [5.74, 6) is 0.664. The summed E-state index contributed by atoms with van der Waals surface area (Å²) in [7, 11) is 1.50. The van der Waals surface area contributed by atoms with Crippen molar-refractivity contribution in [3.05, 3.63) is 53.8 Å². The second-order valence-corrected chi connectivity index (χ2v) is 4.26. The first kappa shape index (κ1) is 13.6. The van der Waals surface area contributed by atoms with E-state index in [1.165, 1.54) is 7.05 Å². The third-order valence-corrected chi connectivity index (χ3v) is 3.05. The summed E-state index contributed by atoms with van der Waals surface area (Å²) in [4.78, 5) is 0. The number of hydrogen-bond acceptors (Lipinski definition) is 2. The maximum atomic E-state index is 13.6. The minimum atomic E-state index is -0.187. The fourth-order valence-electron chi connectivity index (χ4n) is 2.28. The summed E-state index contributed by atoms with van der Waals surface area (Å²) in [6.45, 7) is 0.721. The van der Waals surface area contributed by atoms with Gasteiger partial charge >= 0.3 is 0 Å². The Morgan fingerprint density at radius 2 is 1.84 bits per heavy atom. The van der Waals surface area contributed by atoms with Gasteiger partial charge in [-0.25, -0.2) is 4.39 Å². The molecule has 1 aliphatic rings. The van der Waals surface area contributed by atoms with Crippen LogP contribution in [-0.4, -0.2) is 13.7 Å². The third-order valence-electron chi connectivity index (χ3n) is 3.05. The lowest BCUT2D eigenvalue weighted by molar-refractivity contribution is 0.289. The van der Waals surface area contributed by atoms with Crippen LogP contribution in [0.15, 0.2) is 42.5 Å². The zero-order valence-corrected chi connectivity index (χ0v) is 11.0. The molecule has 19 heavy (non-hydrogen) atoms. The molecule has 0 saturated carbocycles. The van der Waals surface area contributed by atoms with Crippen molar-refractivity contribution in [1.29, 1.82) is 0 Å². The van der Waals surface area contributed by atoms with E-state index >= 15 is 0 Å². The Hall–Kier alpha value is -1.87. The average Bonchev–Trinajstić information content (AvgIpc) is 2.49. The first-order valence-corrected chi connectivity index (χ1v) is 6.43. The smallest absolute Gasteiger partial charge is 0.130 e. The maximum Gasteiger partial charge on any atom is 0.130 e. The number of benzene rings is 2. The molecule has 0 saturated heterocycles. The molecule has 2 N–H and O–H groups in total. The molecule has 0 aliphatic carbocycles. The van der Waals surface area contributed by atoms with Crippen molar-refractivity contribution >= 4 is 0 Å². The molecule has 1 aliphatic heterocycles. The predicted molar refractivity (Wildman–Crippen MR) is 75.8 cm³/mol. The van der Waals surface area contributed by atoms with Gasteiger partial charge in [-0.1, -0.05) is 30.3 Å². The van der Waals surface area contributed by atoms with E-state index in [1.54, 1.807) is 12.1 Å². The van der Waals surface area contributed by atoms with Gasteiger partial charge in [0.15, 0.2) is 0 Å². The number of halogens is 1. The van der Waals surface area contributed by atoms with Crippen LogP contribution in [0.4, 0.5) is 4.39 Å². The lowest BCUT2D eigenvalue weighted by Crippen LogP contribution is -2.09. The zero-order chi connectivity index (χ0) is 13.7. The van der Waals surface area contributed by atoms with Crippen molar-refractivity contribution in [1.82, 2.24) is 0 Å². The van der Waals surface area contributed by atoms with Crippen LogP contribution in [0.5, 0.6) is 5.75 Å². The standard InChI is InChI=1S/C15H13FO.CH5N/c16-13-9-12-7-4-8-17-15(12)14(10-13)11-5-2-1-3-6-11;1-2/h1-3,5-6,9-10H,4,7-8H2;2H2,1H3. The van der Waals surface area contributed by atoms with Crippen LogP contribution in [-0.2, 0) is 6.42 Å². The molecule has 0 spiro atoms. The van der Waals surface area contributed by atoms with Crippen molar-refractivity contribution in [2.45, 2.75) is 12.8 Å². The molecule has 2 aromatic rings. The van der Waals surface area contributed by atoms with Crippen LogP contribution in [0.3, 0.4) is 0 Å². The first-order chi connectivity index (χ1) is 9.34. The van der Waals surface area contributed by atoms with Gasteiger partial charge in [0.05, 0.1) is 6.61 Å². The lowest BCUT2D eigenvalue weighted by Gasteiger charge is -2.20. The molecule has 0 radical (unpaired) electrons. The van der Waals surface area contributed by atoms with E-state index in [1.807, 2.05) is 30.3 Å². The molecule has 0 bridgehead atoms. The summed E-state index contributed by atoms with van der Waals surface area (Å²) < 4.78 is 19.3. The highest BCUT2D eigenvalue weighted by molar-refractivity contribution is 5.72. The summed E-state index contributed by atoms with van der Waals surface area (Å²) in [6.07, 6.45) is 1.86. The Kier molecular flexibility index (Phi) is 4.53. The van der Waals surface area contributed by atoms with E-state index in [4.69, 9.17) is 4.74 Å². The highest BCUT2D eigenvalue weighted by Gasteiger charge is 2.17. The van der Waals surface area contributed by atoms with Crippen molar-refractivity contribution in [3.8, 4) is 16.9 Å². The van der Waals surface area contributed by atoms with Crippen LogP contribution in [0, 0.1) is 5.82 Å². The predicted octanol–water partition coefficient (Wildman–Crippen LogP) is 3.39. The molecule has 0 fully saturated rings. The largest absolute Gasteiger partial charge is 0.493 e. The summed E-state index contributed by atoms with van der Waals surface area (Å²) in [5.41, 5.74) is 7.35. The number of ether oxygens (including phenoxy) is 1. The molecule has 0 unspecified atom stereocenters. The Bertz CT molecular complexity index is 540. The van der Waals surface area contributed by atoms with Crippen molar-refractivity contribution < 1.29 is 9.13 Å². The molecule has 0 aromatic heterocycles. The SMILES string of the molecule is CN.Fc1cc2c(c(-c3ccccc3)c1)OCCC2. The first-order valence-electron chi connectivity index (χ1n) is 6.43. The molecule has 100 valence electrons. The summed E-state index contributed by atoms with van der Waals surface area (Å²) >= 11 is 0. The van der Waals surface area contributed by atoms with Gasteiger partial charge in [0.25, 0.3) is 0 Å². The third kappa shape index (κ3) is 2.93. The van der Waals surface area contributed by atoms with E-state index in [-0.39, 0.29) is 5.82 Å². The van der Waals surface area contributed by atoms with Gasteiger partial charge in [-0.3, -0.25) is 0 Å². The normalized spacial score (nSPS) is 12.8. The minimum Gasteiger partial charge on any atom is -0.493 e. The number of nitrogens with two attached hydrogens (primary N) is 1. The minimum absolute atomic E-state index is 0.187. The highest BCUT2D eigenvalue weighted by Crippen LogP contribution is 2.36. The Morgan fingerprint density at radius 3 is 2.58 bits per heavy atom. The van der Waals surface area contributed by atoms with Crippen LogP contribution >= 0.6 is 0 Å². The molecule has 0 amide bonds. The van der Waals surface area contributed by atoms with E-state index in [0.29, 0.717) is 0 Å². The van der Waals surface area contributed by atoms with Crippen LogP contribution in [0.2, 0.25) is 0 Å². The molecule has 0 atom stereocenters. The molecule has 2 aromatic carbocycles. The zero-order valence-electron chi connectivity index (χ0n) is 11.0. The van der Waals surface area contributed by atoms with Gasteiger partial charge in [0, 0.05) is 5.56 Å². The van der Waals surface area contributed by atoms with E-state index < -0.39 is 0 Å². The summed E-state index contributed by atoms with van der Waals surface area (Å²) in [6, 6.07) is 13.0. The fraction of sp³-hybridized carbons (Fsp3) is 0.250. The Balaban J connectivity index is 0.000000637. The van der Waals surface area contributed by atoms with Crippen molar-refractivity contribution in [3.63, 3.8) is 0 Å². The topological polar surface area (TPSA) is 35.2 Å². The van der Waals surface area contributed by atoms with Gasteiger partial charge in [0.2, 0.25) is 0 Å². The summed E-state index contributed by atoms with van der Waals surface area (Å²) in [5, 5.41) is 0. The number of fused-ring (bicyclic) bond motifs is 1. The molecule has 2 nitrogen and oxygen atoms in total. The van der Waals surface area contributed by atoms with Crippen molar-refractivity contribution in [2.24, 2.45) is 5.73 Å². The quantitative estimate of drug-likeness (QED) is 0.852. The van der Waals surface area contributed by atoms with Gasteiger partial charge in [0.1, 0.15) is 11.6 Å². The molecule has 3 rings (SSSR count). The number of rotatable bonds is 1. The molecular formula is C16H18FNO. The Morgan fingerprint density at radius 1 is 1.11 bits per heavy atom. The average molecular weight is 259 g/mol. The van der Waals surface area contributed by atoms with E-state index in [9.17, 15) is 4.39 Å². The highest BCUT2D eigenvalue weighted by atomic mass is 19.1. The van der Waals surface area contributed by atoms with Gasteiger partial charge in [-0.2, -0.15) is 0 Å². The fourth-order valence-corrected chi connectivity index (χ4v) is 2.28. The monoisotopic (exact) mass is 259 g/mol. The van der Waals surface area contributed by atoms with E-state index in [2.05, 4.69) is 5.73 Å². The van der Waals surface area contributed by atoms with Crippen LogP contribution in [0.1, 0.15) is 12.0 Å². The second kappa shape index (κ2) is 6.34. The van der Waals surface area contributed by atoms with Crippen LogP contribution < -0.4 is 10.5 Å².